The largest absolute Gasteiger partial charge is 0.480 e. The van der Waals surface area contributed by atoms with Gasteiger partial charge in [0, 0.05) is 49.6 Å². The number of aromatic amines is 2. The molecule has 0 radical (unpaired) electrons. The monoisotopic (exact) mass is 944 g/mol. The quantitative estimate of drug-likeness (QED) is 0.0358. The third kappa shape index (κ3) is 18.8. The first-order valence-electron chi connectivity index (χ1n) is 18.7. The Balaban J connectivity index is 2.51. The van der Waals surface area contributed by atoms with Gasteiger partial charge in [0.1, 0.15) is 43.0 Å². The number of carbonyl (C=O) groups is 9. The van der Waals surface area contributed by atoms with Crippen LogP contribution in [0.25, 0.3) is 0 Å². The molecule has 2 rings (SSSR count). The van der Waals surface area contributed by atoms with E-state index in [1.807, 2.05) is 0 Å². The number of carboxylic acid groups (broad SMARTS) is 4. The smallest absolute Gasteiger partial charge is 0.322 e. The van der Waals surface area contributed by atoms with Crippen molar-refractivity contribution in [3.8, 4) is 11.8 Å². The number of thioether (sulfide) groups is 2. The van der Waals surface area contributed by atoms with E-state index < -0.39 is 150 Å². The molecule has 0 saturated heterocycles. The molecule has 352 valence electrons. The molecule has 0 aromatic carbocycles. The third-order valence-electron chi connectivity index (χ3n) is 8.48. The second-order valence-electron chi connectivity index (χ2n) is 13.3. The van der Waals surface area contributed by atoms with Crippen molar-refractivity contribution in [3.05, 3.63) is 44.5 Å². The average Bonchev–Trinajstić information content (AvgIpc) is 3.24. The van der Waals surface area contributed by atoms with Gasteiger partial charge in [-0.3, -0.25) is 52.7 Å². The molecule has 27 nitrogen and oxygen atoms in total. The maximum absolute atomic E-state index is 14.1. The number of aromatic nitrogens is 4. The van der Waals surface area contributed by atoms with Crippen LogP contribution in [-0.4, -0.2) is 157 Å². The number of carboxylic acids is 4. The number of ether oxygens (including phenoxy) is 2. The van der Waals surface area contributed by atoms with Crippen LogP contribution < -0.4 is 53.3 Å². The van der Waals surface area contributed by atoms with Crippen molar-refractivity contribution < 1.29 is 73.1 Å². The summed E-state index contributed by atoms with van der Waals surface area (Å²) in [5.41, 5.74) is 9.55. The fourth-order valence-electron chi connectivity index (χ4n) is 5.12. The van der Waals surface area contributed by atoms with Gasteiger partial charge in [-0.15, -0.1) is 23.5 Å². The Kier molecular flexibility index (Phi) is 22.4. The van der Waals surface area contributed by atoms with Crippen LogP contribution in [0.15, 0.2) is 22.0 Å². The number of H-pyrrole nitrogens is 2. The molecule has 29 heteroatoms. The molecule has 2 aromatic rings. The molecule has 0 aliphatic rings. The summed E-state index contributed by atoms with van der Waals surface area (Å²) in [6.45, 7) is -1.68. The predicted octanol–water partition coefficient (Wildman–Crippen LogP) is -3.78. The van der Waals surface area contributed by atoms with Gasteiger partial charge in [-0.2, -0.15) is 0 Å². The lowest BCUT2D eigenvalue weighted by atomic mass is 10.1. The van der Waals surface area contributed by atoms with Gasteiger partial charge in [0.2, 0.25) is 23.6 Å². The fourth-order valence-corrected chi connectivity index (χ4v) is 7.63. The van der Waals surface area contributed by atoms with Crippen molar-refractivity contribution in [1.82, 2.24) is 41.2 Å². The summed E-state index contributed by atoms with van der Waals surface area (Å²) in [5, 5.41) is 43.3. The van der Waals surface area contributed by atoms with Gasteiger partial charge in [0.25, 0.3) is 11.8 Å². The molecule has 0 saturated carbocycles. The molecule has 2 aromatic heterocycles. The van der Waals surface area contributed by atoms with E-state index in [4.69, 9.17) is 41.4 Å². The molecular weight excluding hydrogens is 897 g/mol. The van der Waals surface area contributed by atoms with Gasteiger partial charge in [0.05, 0.1) is 36.1 Å². The van der Waals surface area contributed by atoms with Crippen LogP contribution in [0.5, 0.6) is 11.8 Å². The minimum absolute atomic E-state index is 0.0341. The van der Waals surface area contributed by atoms with Crippen LogP contribution in [0.1, 0.15) is 60.4 Å². The zero-order chi connectivity index (χ0) is 48.1. The van der Waals surface area contributed by atoms with Crippen molar-refractivity contribution in [2.75, 3.05) is 38.8 Å². The Bertz CT molecular complexity index is 1990. The molecule has 14 N–H and O–H groups in total. The highest BCUT2D eigenvalue weighted by Crippen LogP contribution is 2.37. The number of ketones is 1. The number of aliphatic carboxylic acids is 4. The molecule has 0 fully saturated rings. The first kappa shape index (κ1) is 53.5. The number of hydrogen-bond donors (Lipinski definition) is 12. The summed E-state index contributed by atoms with van der Waals surface area (Å²) in [5.74, 6) is -11.3. The molecule has 2 unspecified atom stereocenters. The Labute approximate surface area is 370 Å². The van der Waals surface area contributed by atoms with E-state index in [9.17, 15) is 52.7 Å². The van der Waals surface area contributed by atoms with Crippen LogP contribution in [0.4, 0.5) is 0 Å². The molecule has 0 aliphatic carbocycles. The Hall–Kier alpha value is -6.59. The van der Waals surface area contributed by atoms with Gasteiger partial charge >= 0.3 is 35.0 Å². The maximum Gasteiger partial charge on any atom is 0.322 e. The lowest BCUT2D eigenvalue weighted by molar-refractivity contribution is -0.140. The normalized spacial score (nSPS) is 13.7. The fraction of sp³-hybridized carbons (Fsp3) is 0.514. The highest BCUT2D eigenvalue weighted by molar-refractivity contribution is 7.99. The van der Waals surface area contributed by atoms with E-state index >= 15 is 0 Å². The predicted molar refractivity (Wildman–Crippen MR) is 222 cm³/mol. The number of nitrogens with zero attached hydrogens (tertiary/aromatic N) is 2. The summed E-state index contributed by atoms with van der Waals surface area (Å²) in [6.07, 6.45) is -0.0674. The minimum Gasteiger partial charge on any atom is -0.480 e. The Morgan fingerprint density at radius 1 is 0.656 bits per heavy atom. The van der Waals surface area contributed by atoms with Gasteiger partial charge < -0.3 is 72.6 Å². The average molecular weight is 945 g/mol. The number of carbonyl (C=O) groups excluding carboxylic acids is 5. The topological polar surface area (TPSA) is 445 Å². The van der Waals surface area contributed by atoms with Crippen LogP contribution in [0, 0.1) is 0 Å². The van der Waals surface area contributed by atoms with Crippen LogP contribution in [0.2, 0.25) is 0 Å². The molecule has 64 heavy (non-hydrogen) atoms. The van der Waals surface area contributed by atoms with Crippen molar-refractivity contribution >= 4 is 76.8 Å². The van der Waals surface area contributed by atoms with Crippen molar-refractivity contribution in [3.63, 3.8) is 0 Å². The van der Waals surface area contributed by atoms with Crippen LogP contribution >= 0.6 is 23.5 Å². The van der Waals surface area contributed by atoms with E-state index in [0.29, 0.717) is 0 Å². The summed E-state index contributed by atoms with van der Waals surface area (Å²) in [4.78, 5) is 148. The lowest BCUT2D eigenvalue weighted by Gasteiger charge is -2.23. The molecule has 6 atom stereocenters. The summed E-state index contributed by atoms with van der Waals surface area (Å²) in [6, 6.07) is -5.75. The van der Waals surface area contributed by atoms with Crippen LogP contribution in [0.3, 0.4) is 0 Å². The van der Waals surface area contributed by atoms with E-state index in [2.05, 4.69) is 41.2 Å². The number of nitrogens with one attached hydrogen (secondary N) is 6. The molecule has 2 heterocycles. The molecular formula is C35H48N10O17S2. The van der Waals surface area contributed by atoms with Crippen molar-refractivity contribution in [1.29, 1.82) is 0 Å². The van der Waals surface area contributed by atoms with Gasteiger partial charge in [-0.05, 0) is 12.8 Å². The number of amides is 4. The molecule has 0 bridgehead atoms. The van der Waals surface area contributed by atoms with Crippen molar-refractivity contribution in [2.45, 2.75) is 73.2 Å². The first-order chi connectivity index (χ1) is 30.1. The Morgan fingerprint density at radius 3 is 1.33 bits per heavy atom. The van der Waals surface area contributed by atoms with Gasteiger partial charge in [-0.25, -0.2) is 9.97 Å². The first-order valence-corrected chi connectivity index (χ1v) is 20.8. The van der Waals surface area contributed by atoms with Gasteiger partial charge in [0.15, 0.2) is 0 Å². The summed E-state index contributed by atoms with van der Waals surface area (Å²) in [7, 11) is 2.30. The zero-order valence-electron chi connectivity index (χ0n) is 34.2. The van der Waals surface area contributed by atoms with Crippen molar-refractivity contribution in [2.24, 2.45) is 11.5 Å². The molecule has 0 aliphatic heterocycles. The summed E-state index contributed by atoms with van der Waals surface area (Å²) >= 11 is 1.72. The standard InChI is InChI=1S/C35H48N10O17S2/c1-61-32-30(55)38-9-18(44-32)22(63-13-20(28(53)40-11-26(49)50)42-24(47)5-3-16(36)34(57)58)7-15(46)8-23(19-10-39-31(56)33(45-19)62-2)64-14-21(29(54)41-12-27(51)52)43-25(48)6-4-17(37)35(59)60/h9-10,16-17,20-23H,3-8,11-14,36-37H2,1-2H3,(H,38,55)(H,39,56)(H,40,53)(H,41,54)(H,42,47)(H,43,48)(H,49,50)(H,51,52)(H,57,58)(H,59,60)/t16-,17+,20-,21-,22?,23?/m0/s1. The number of Topliss-reactive ketones (excluding diaryl/α,β-unsaturated/α-hetero) is 1. The Morgan fingerprint density at radius 2 is 1.02 bits per heavy atom. The molecule has 0 spiro atoms. The SMILES string of the molecule is COc1nc(C(CC(=O)CC(SC[C@H](NC(=O)CC[C@H](N)C(=O)O)C(=O)NCC(=O)O)c2c[nH]c(=O)c(OC)n2)SC[C@H](NC(=O)CC[C@@H](N)C(=O)O)C(=O)NCC(=O)O)c[nH]c1=O. The number of hydrogen-bond acceptors (Lipinski definition) is 19. The maximum atomic E-state index is 14.1. The highest BCUT2D eigenvalue weighted by Gasteiger charge is 2.30. The van der Waals surface area contributed by atoms with E-state index in [1.54, 1.807) is 0 Å². The zero-order valence-corrected chi connectivity index (χ0v) is 35.8. The van der Waals surface area contributed by atoms with E-state index in [-0.39, 0.29) is 35.7 Å². The third-order valence-corrected chi connectivity index (χ3v) is 11.2. The van der Waals surface area contributed by atoms with Crippen LogP contribution in [-0.2, 0) is 43.2 Å². The second-order valence-corrected chi connectivity index (χ2v) is 15.8. The van der Waals surface area contributed by atoms with Gasteiger partial charge in [-0.1, -0.05) is 0 Å². The minimum atomic E-state index is -1.47. The number of rotatable bonds is 30. The van der Waals surface area contributed by atoms with E-state index in [0.717, 1.165) is 50.1 Å². The number of methoxy groups -OCH3 is 2. The summed E-state index contributed by atoms with van der Waals surface area (Å²) < 4.78 is 10.1. The highest BCUT2D eigenvalue weighted by atomic mass is 32.2. The lowest BCUT2D eigenvalue weighted by Crippen LogP contribution is -2.49. The van der Waals surface area contributed by atoms with E-state index in [1.165, 1.54) is 0 Å². The second kappa shape index (κ2) is 26.8. The number of nitrogens with two attached hydrogens (primary N) is 2. The molecule has 4 amide bonds.